The first-order valence-electron chi connectivity index (χ1n) is 8.55. The summed E-state index contributed by atoms with van der Waals surface area (Å²) in [5.74, 6) is 0. The van der Waals surface area contributed by atoms with Crippen molar-refractivity contribution in [2.75, 3.05) is 18.0 Å². The van der Waals surface area contributed by atoms with Crippen LogP contribution in [-0.2, 0) is 10.0 Å². The number of sulfonamides is 1. The molecule has 0 saturated carbocycles. The molecule has 144 valence electrons. The van der Waals surface area contributed by atoms with Gasteiger partial charge < -0.3 is 4.90 Å². The number of nitrogens with zero attached hydrogens (tertiary/aromatic N) is 2. The van der Waals surface area contributed by atoms with Crippen LogP contribution in [-0.4, -0.2) is 32.5 Å². The molecule has 9 heteroatoms. The number of nitrogens with one attached hydrogen (secondary N) is 1. The molecule has 1 fully saturated rings. The van der Waals surface area contributed by atoms with Gasteiger partial charge in [0.15, 0.2) is 0 Å². The van der Waals surface area contributed by atoms with E-state index in [0.29, 0.717) is 31.0 Å². The quantitative estimate of drug-likeness (QED) is 0.602. The van der Waals surface area contributed by atoms with Gasteiger partial charge >= 0.3 is 0 Å². The molecule has 2 aromatic carbocycles. The van der Waals surface area contributed by atoms with Gasteiger partial charge in [-0.15, -0.1) is 0 Å². The average Bonchev–Trinajstić information content (AvgIpc) is 2.63. The SMILES string of the molecule is Cc1cc([N+](=O)[O-])cc(Cl)c1N1CCC(NS(=O)(=O)c2ccccc2)CC1. The Morgan fingerprint density at radius 1 is 1.19 bits per heavy atom. The molecule has 0 radical (unpaired) electrons. The predicted octanol–water partition coefficient (Wildman–Crippen LogP) is 3.50. The Morgan fingerprint density at radius 3 is 2.37 bits per heavy atom. The van der Waals surface area contributed by atoms with Crippen LogP contribution in [0.2, 0.25) is 5.02 Å². The number of halogens is 1. The fourth-order valence-corrected chi connectivity index (χ4v) is 5.04. The number of hydrogen-bond acceptors (Lipinski definition) is 5. The van der Waals surface area contributed by atoms with E-state index in [1.54, 1.807) is 37.3 Å². The Balaban J connectivity index is 1.68. The molecule has 1 heterocycles. The lowest BCUT2D eigenvalue weighted by Gasteiger charge is -2.35. The maximum absolute atomic E-state index is 12.5. The number of nitro groups is 1. The van der Waals surface area contributed by atoms with Crippen molar-refractivity contribution in [3.63, 3.8) is 0 Å². The topological polar surface area (TPSA) is 92.6 Å². The van der Waals surface area contributed by atoms with Crippen LogP contribution in [0.5, 0.6) is 0 Å². The highest BCUT2D eigenvalue weighted by atomic mass is 35.5. The van der Waals surface area contributed by atoms with Gasteiger partial charge in [0.1, 0.15) is 0 Å². The summed E-state index contributed by atoms with van der Waals surface area (Å²) in [6.45, 7) is 3.01. The lowest BCUT2D eigenvalue weighted by Crippen LogP contribution is -2.44. The van der Waals surface area contributed by atoms with Gasteiger partial charge in [-0.2, -0.15) is 0 Å². The lowest BCUT2D eigenvalue weighted by molar-refractivity contribution is -0.384. The third kappa shape index (κ3) is 4.40. The zero-order valence-corrected chi connectivity index (χ0v) is 16.3. The largest absolute Gasteiger partial charge is 0.370 e. The van der Waals surface area contributed by atoms with Gasteiger partial charge in [0, 0.05) is 31.3 Å². The molecule has 0 amide bonds. The number of non-ortho nitro benzene ring substituents is 1. The Hall–Kier alpha value is -2.16. The van der Waals surface area contributed by atoms with Crippen molar-refractivity contribution in [2.45, 2.75) is 30.7 Å². The summed E-state index contributed by atoms with van der Waals surface area (Å²) in [5.41, 5.74) is 1.47. The van der Waals surface area contributed by atoms with Gasteiger partial charge in [0.25, 0.3) is 5.69 Å². The highest BCUT2D eigenvalue weighted by Crippen LogP contribution is 2.35. The normalized spacial score (nSPS) is 15.7. The molecule has 1 saturated heterocycles. The Bertz CT molecular complexity index is 919. The zero-order chi connectivity index (χ0) is 19.6. The molecule has 0 spiro atoms. The number of aryl methyl sites for hydroxylation is 1. The van der Waals surface area contributed by atoms with Crippen molar-refractivity contribution < 1.29 is 13.3 Å². The lowest BCUT2D eigenvalue weighted by atomic mass is 10.0. The standard InChI is InChI=1S/C18H20ClN3O4S/c1-13-11-15(22(23)24)12-17(19)18(13)21-9-7-14(8-10-21)20-27(25,26)16-5-3-2-4-6-16/h2-6,11-12,14,20H,7-10H2,1H3. The van der Waals surface area contributed by atoms with Crippen molar-refractivity contribution in [3.05, 3.63) is 63.2 Å². The van der Waals surface area contributed by atoms with Crippen molar-refractivity contribution in [2.24, 2.45) is 0 Å². The summed E-state index contributed by atoms with van der Waals surface area (Å²) in [4.78, 5) is 12.8. The van der Waals surface area contributed by atoms with E-state index in [1.807, 2.05) is 0 Å². The van der Waals surface area contributed by atoms with E-state index in [9.17, 15) is 18.5 Å². The fraction of sp³-hybridized carbons (Fsp3) is 0.333. The second kappa shape index (κ2) is 7.84. The van der Waals surface area contributed by atoms with Gasteiger partial charge in [0.2, 0.25) is 10.0 Å². The smallest absolute Gasteiger partial charge is 0.271 e. The molecule has 2 aromatic rings. The molecule has 0 aromatic heterocycles. The molecule has 3 rings (SSSR count). The van der Waals surface area contributed by atoms with E-state index in [-0.39, 0.29) is 16.6 Å². The minimum atomic E-state index is -3.54. The third-order valence-electron chi connectivity index (χ3n) is 4.64. The van der Waals surface area contributed by atoms with Gasteiger partial charge in [0.05, 0.1) is 20.5 Å². The first-order chi connectivity index (χ1) is 12.8. The molecule has 1 aliphatic heterocycles. The summed E-state index contributed by atoms with van der Waals surface area (Å²) in [6.07, 6.45) is 1.25. The summed E-state index contributed by atoms with van der Waals surface area (Å²) >= 11 is 6.28. The first-order valence-corrected chi connectivity index (χ1v) is 10.4. The highest BCUT2D eigenvalue weighted by molar-refractivity contribution is 7.89. The molecular weight excluding hydrogens is 390 g/mol. The van der Waals surface area contributed by atoms with Crippen LogP contribution in [0, 0.1) is 17.0 Å². The number of nitro benzene ring substituents is 1. The van der Waals surface area contributed by atoms with Crippen LogP contribution in [0.1, 0.15) is 18.4 Å². The number of rotatable bonds is 5. The van der Waals surface area contributed by atoms with E-state index >= 15 is 0 Å². The van der Waals surface area contributed by atoms with E-state index < -0.39 is 14.9 Å². The highest BCUT2D eigenvalue weighted by Gasteiger charge is 2.27. The van der Waals surface area contributed by atoms with Crippen molar-refractivity contribution in [1.82, 2.24) is 4.72 Å². The van der Waals surface area contributed by atoms with Gasteiger partial charge in [-0.3, -0.25) is 10.1 Å². The number of hydrogen-bond donors (Lipinski definition) is 1. The van der Waals surface area contributed by atoms with Crippen LogP contribution in [0.4, 0.5) is 11.4 Å². The molecular formula is C18H20ClN3O4S. The molecule has 0 atom stereocenters. The van der Waals surface area contributed by atoms with Crippen molar-refractivity contribution >= 4 is 33.0 Å². The zero-order valence-electron chi connectivity index (χ0n) is 14.8. The summed E-state index contributed by atoms with van der Waals surface area (Å²) in [5, 5.41) is 11.3. The summed E-state index contributed by atoms with van der Waals surface area (Å²) in [7, 11) is -3.54. The number of piperidine rings is 1. The second-order valence-corrected chi connectivity index (χ2v) is 8.67. The predicted molar refractivity (Wildman–Crippen MR) is 105 cm³/mol. The minimum Gasteiger partial charge on any atom is -0.370 e. The van der Waals surface area contributed by atoms with Crippen LogP contribution in [0.25, 0.3) is 0 Å². The van der Waals surface area contributed by atoms with Crippen molar-refractivity contribution in [3.8, 4) is 0 Å². The van der Waals surface area contributed by atoms with Crippen molar-refractivity contribution in [1.29, 1.82) is 0 Å². The molecule has 27 heavy (non-hydrogen) atoms. The van der Waals surface area contributed by atoms with Crippen LogP contribution < -0.4 is 9.62 Å². The van der Waals surface area contributed by atoms with E-state index in [2.05, 4.69) is 9.62 Å². The summed E-state index contributed by atoms with van der Waals surface area (Å²) in [6, 6.07) is 11.0. The Labute approximate surface area is 163 Å². The fourth-order valence-electron chi connectivity index (χ4n) is 3.33. The molecule has 0 unspecified atom stereocenters. The van der Waals surface area contributed by atoms with Crippen LogP contribution in [0.3, 0.4) is 0 Å². The summed E-state index contributed by atoms with van der Waals surface area (Å²) < 4.78 is 27.7. The van der Waals surface area contributed by atoms with E-state index in [1.165, 1.54) is 12.1 Å². The monoisotopic (exact) mass is 409 g/mol. The maximum atomic E-state index is 12.5. The van der Waals surface area contributed by atoms with Crippen LogP contribution in [0.15, 0.2) is 47.4 Å². The molecule has 1 aliphatic rings. The average molecular weight is 410 g/mol. The maximum Gasteiger partial charge on any atom is 0.271 e. The second-order valence-electron chi connectivity index (χ2n) is 6.55. The Morgan fingerprint density at radius 2 is 1.81 bits per heavy atom. The van der Waals surface area contributed by atoms with E-state index in [0.717, 1.165) is 11.3 Å². The molecule has 0 aliphatic carbocycles. The van der Waals surface area contributed by atoms with Gasteiger partial charge in [-0.25, -0.2) is 13.1 Å². The number of anilines is 1. The molecule has 1 N–H and O–H groups in total. The van der Waals surface area contributed by atoms with E-state index in [4.69, 9.17) is 11.6 Å². The van der Waals surface area contributed by atoms with Gasteiger partial charge in [-0.1, -0.05) is 29.8 Å². The molecule has 7 nitrogen and oxygen atoms in total. The Kier molecular flexibility index (Phi) is 5.69. The third-order valence-corrected chi connectivity index (χ3v) is 6.46. The van der Waals surface area contributed by atoms with Crippen LogP contribution >= 0.6 is 11.6 Å². The number of benzene rings is 2. The van der Waals surface area contributed by atoms with Gasteiger partial charge in [-0.05, 0) is 37.5 Å². The first kappa shape index (κ1) is 19.6. The molecule has 0 bridgehead atoms. The minimum absolute atomic E-state index is 0.0354.